The summed E-state index contributed by atoms with van der Waals surface area (Å²) >= 11 is 0. The topological polar surface area (TPSA) is 64.1 Å². The number of nitrogens with one attached hydrogen (secondary N) is 1. The normalized spacial score (nSPS) is 13.3. The van der Waals surface area contributed by atoms with Gasteiger partial charge in [-0.05, 0) is 41.8 Å². The first-order chi connectivity index (χ1) is 10.7. The van der Waals surface area contributed by atoms with Crippen LogP contribution < -0.4 is 16.8 Å². The van der Waals surface area contributed by atoms with Crippen LogP contribution in [0.3, 0.4) is 0 Å². The smallest absolute Gasteiger partial charge is 0.0443 e. The molecule has 1 heterocycles. The number of benzene rings is 2. The molecule has 0 bridgehead atoms. The lowest BCUT2D eigenvalue weighted by Crippen LogP contribution is -2.13. The molecule has 3 nitrogen and oxygen atoms in total. The summed E-state index contributed by atoms with van der Waals surface area (Å²) < 4.78 is 0. The highest BCUT2D eigenvalue weighted by Crippen LogP contribution is 2.44. The summed E-state index contributed by atoms with van der Waals surface area (Å²) in [6.45, 7) is 2.25. The number of nitrogen functional groups attached to an aromatic ring is 2. The Bertz CT molecular complexity index is 612. The molecule has 0 fully saturated rings. The molecule has 22 heavy (non-hydrogen) atoms. The number of rotatable bonds is 5. The molecule has 1 aliphatic heterocycles. The molecule has 0 aliphatic carbocycles. The Kier molecular flexibility index (Phi) is 4.23. The van der Waals surface area contributed by atoms with Crippen molar-refractivity contribution in [1.82, 2.24) is 0 Å². The molecule has 0 amide bonds. The van der Waals surface area contributed by atoms with E-state index in [9.17, 15) is 0 Å². The van der Waals surface area contributed by atoms with Crippen LogP contribution in [-0.2, 0) is 0 Å². The van der Waals surface area contributed by atoms with E-state index in [1.807, 2.05) is 24.3 Å². The highest BCUT2D eigenvalue weighted by atomic mass is 14.9. The quantitative estimate of drug-likeness (QED) is 0.536. The maximum atomic E-state index is 5.95. The van der Waals surface area contributed by atoms with E-state index >= 15 is 0 Å². The molecule has 1 aliphatic rings. The molecule has 3 heteroatoms. The Morgan fingerprint density at radius 1 is 0.864 bits per heavy atom. The van der Waals surface area contributed by atoms with E-state index in [0.29, 0.717) is 5.92 Å². The minimum atomic E-state index is 0.435. The fraction of sp³-hybridized carbons (Fsp3) is 0.368. The lowest BCUT2D eigenvalue weighted by molar-refractivity contribution is 0.596. The first kappa shape index (κ1) is 14.8. The molecule has 0 saturated carbocycles. The fourth-order valence-corrected chi connectivity index (χ4v) is 3.37. The fourth-order valence-electron chi connectivity index (χ4n) is 3.37. The zero-order valence-corrected chi connectivity index (χ0v) is 13.2. The van der Waals surface area contributed by atoms with Gasteiger partial charge in [0.1, 0.15) is 0 Å². The van der Waals surface area contributed by atoms with Crippen molar-refractivity contribution in [2.24, 2.45) is 0 Å². The molecule has 2 aromatic carbocycles. The number of fused-ring (bicyclic) bond motifs is 2. The highest BCUT2D eigenvalue weighted by Gasteiger charge is 2.25. The summed E-state index contributed by atoms with van der Waals surface area (Å²) in [6, 6.07) is 12.4. The van der Waals surface area contributed by atoms with Crippen LogP contribution in [0.5, 0.6) is 0 Å². The molecule has 0 unspecified atom stereocenters. The molecular weight excluding hydrogens is 270 g/mol. The summed E-state index contributed by atoms with van der Waals surface area (Å²) in [6.07, 6.45) is 6.32. The Morgan fingerprint density at radius 2 is 1.45 bits per heavy atom. The SMILES string of the molecule is CCCCCCC1c2ccc(N)cc2Nc2cc(N)ccc21. The van der Waals surface area contributed by atoms with E-state index in [2.05, 4.69) is 24.4 Å². The largest absolute Gasteiger partial charge is 0.399 e. The molecule has 0 spiro atoms. The van der Waals surface area contributed by atoms with Crippen molar-refractivity contribution in [2.75, 3.05) is 16.8 Å². The van der Waals surface area contributed by atoms with Gasteiger partial charge in [0.2, 0.25) is 0 Å². The van der Waals surface area contributed by atoms with Crippen molar-refractivity contribution in [3.8, 4) is 0 Å². The van der Waals surface area contributed by atoms with Crippen molar-refractivity contribution in [3.63, 3.8) is 0 Å². The van der Waals surface area contributed by atoms with Crippen LogP contribution in [0.15, 0.2) is 36.4 Å². The molecular formula is C19H25N3. The zero-order valence-electron chi connectivity index (χ0n) is 13.2. The lowest BCUT2D eigenvalue weighted by atomic mass is 9.82. The van der Waals surface area contributed by atoms with Gasteiger partial charge in [0.05, 0.1) is 0 Å². The molecule has 2 aromatic rings. The minimum Gasteiger partial charge on any atom is -0.399 e. The Balaban J connectivity index is 1.93. The molecule has 0 saturated heterocycles. The van der Waals surface area contributed by atoms with E-state index in [4.69, 9.17) is 11.5 Å². The Morgan fingerprint density at radius 3 is 2.00 bits per heavy atom. The van der Waals surface area contributed by atoms with Gasteiger partial charge in [0, 0.05) is 28.7 Å². The van der Waals surface area contributed by atoms with Crippen LogP contribution in [0.25, 0.3) is 0 Å². The number of hydrogen-bond acceptors (Lipinski definition) is 3. The minimum absolute atomic E-state index is 0.435. The van der Waals surface area contributed by atoms with Gasteiger partial charge in [-0.25, -0.2) is 0 Å². The van der Waals surface area contributed by atoms with Crippen molar-refractivity contribution < 1.29 is 0 Å². The van der Waals surface area contributed by atoms with E-state index in [1.54, 1.807) is 0 Å². The lowest BCUT2D eigenvalue weighted by Gasteiger charge is -2.30. The van der Waals surface area contributed by atoms with Gasteiger partial charge in [-0.2, -0.15) is 0 Å². The van der Waals surface area contributed by atoms with Crippen LogP contribution in [-0.4, -0.2) is 0 Å². The molecule has 0 atom stereocenters. The standard InChI is InChI=1S/C19H25N3/c1-2-3-4-5-6-15-16-9-7-13(20)11-18(16)22-19-12-14(21)8-10-17(15)19/h7-12,15,22H,2-6,20-21H2,1H3. The van der Waals surface area contributed by atoms with E-state index in [0.717, 1.165) is 22.7 Å². The van der Waals surface area contributed by atoms with Gasteiger partial charge in [-0.1, -0.05) is 44.7 Å². The van der Waals surface area contributed by atoms with Gasteiger partial charge >= 0.3 is 0 Å². The number of anilines is 4. The molecule has 5 N–H and O–H groups in total. The van der Waals surface area contributed by atoms with Crippen molar-refractivity contribution in [2.45, 2.75) is 44.9 Å². The van der Waals surface area contributed by atoms with Gasteiger partial charge in [-0.15, -0.1) is 0 Å². The predicted octanol–water partition coefficient (Wildman–Crippen LogP) is 5.01. The second-order valence-electron chi connectivity index (χ2n) is 6.22. The second-order valence-corrected chi connectivity index (χ2v) is 6.22. The van der Waals surface area contributed by atoms with E-state index in [1.165, 1.54) is 43.2 Å². The third-order valence-electron chi connectivity index (χ3n) is 4.52. The van der Waals surface area contributed by atoms with E-state index < -0.39 is 0 Å². The maximum absolute atomic E-state index is 5.95. The number of nitrogens with two attached hydrogens (primary N) is 2. The van der Waals surface area contributed by atoms with E-state index in [-0.39, 0.29) is 0 Å². The van der Waals surface area contributed by atoms with Crippen molar-refractivity contribution in [1.29, 1.82) is 0 Å². The van der Waals surface area contributed by atoms with Crippen LogP contribution in [0, 0.1) is 0 Å². The summed E-state index contributed by atoms with van der Waals surface area (Å²) in [7, 11) is 0. The summed E-state index contributed by atoms with van der Waals surface area (Å²) in [5.41, 5.74) is 18.4. The van der Waals surface area contributed by atoms with Crippen LogP contribution >= 0.6 is 0 Å². The maximum Gasteiger partial charge on any atom is 0.0443 e. The van der Waals surface area contributed by atoms with Crippen molar-refractivity contribution >= 4 is 22.7 Å². The summed E-state index contributed by atoms with van der Waals surface area (Å²) in [5.74, 6) is 0.435. The zero-order chi connectivity index (χ0) is 15.5. The second kappa shape index (κ2) is 6.30. The first-order valence-corrected chi connectivity index (χ1v) is 8.25. The van der Waals surface area contributed by atoms with Crippen LogP contribution in [0.2, 0.25) is 0 Å². The Hall–Kier alpha value is -2.16. The van der Waals surface area contributed by atoms with Crippen LogP contribution in [0.1, 0.15) is 56.1 Å². The van der Waals surface area contributed by atoms with Crippen molar-refractivity contribution in [3.05, 3.63) is 47.5 Å². The monoisotopic (exact) mass is 295 g/mol. The molecule has 0 radical (unpaired) electrons. The van der Waals surface area contributed by atoms with Gasteiger partial charge < -0.3 is 16.8 Å². The Labute approximate surface area is 132 Å². The predicted molar refractivity (Wildman–Crippen MR) is 95.6 cm³/mol. The van der Waals surface area contributed by atoms with Gasteiger partial charge in [0.25, 0.3) is 0 Å². The third-order valence-corrected chi connectivity index (χ3v) is 4.52. The van der Waals surface area contributed by atoms with Crippen LogP contribution in [0.4, 0.5) is 22.7 Å². The number of unbranched alkanes of at least 4 members (excludes halogenated alkanes) is 3. The molecule has 0 aromatic heterocycles. The highest BCUT2D eigenvalue weighted by molar-refractivity contribution is 5.77. The van der Waals surface area contributed by atoms with Gasteiger partial charge in [-0.3, -0.25) is 0 Å². The average Bonchev–Trinajstić information content (AvgIpc) is 2.50. The molecule has 3 rings (SSSR count). The average molecular weight is 295 g/mol. The first-order valence-electron chi connectivity index (χ1n) is 8.25. The summed E-state index contributed by atoms with van der Waals surface area (Å²) in [4.78, 5) is 0. The van der Waals surface area contributed by atoms with Gasteiger partial charge in [0.15, 0.2) is 0 Å². The molecule has 116 valence electrons. The number of hydrogen-bond donors (Lipinski definition) is 3. The third kappa shape index (κ3) is 2.89. The summed E-state index contributed by atoms with van der Waals surface area (Å²) in [5, 5.41) is 3.49.